The summed E-state index contributed by atoms with van der Waals surface area (Å²) in [5.41, 5.74) is 4.14. The number of benzene rings is 3. The van der Waals surface area contributed by atoms with Gasteiger partial charge in [-0.3, -0.25) is 4.79 Å². The van der Waals surface area contributed by atoms with Crippen molar-refractivity contribution in [1.29, 1.82) is 0 Å². The third-order valence-corrected chi connectivity index (χ3v) is 6.37. The molecule has 4 rings (SSSR count). The molecule has 0 spiro atoms. The first kappa shape index (κ1) is 21.0. The Morgan fingerprint density at radius 3 is 2.40 bits per heavy atom. The van der Waals surface area contributed by atoms with Gasteiger partial charge in [-0.25, -0.2) is 0 Å². The average molecular weight is 482 g/mol. The number of thiol groups is 1. The molecule has 3 nitrogen and oxygen atoms in total. The first-order chi connectivity index (χ1) is 14.6. The van der Waals surface area contributed by atoms with Crippen LogP contribution < -0.4 is 9.64 Å². The molecule has 2 atom stereocenters. The molecule has 0 radical (unpaired) electrons. The molecule has 0 saturated carbocycles. The Morgan fingerprint density at radius 1 is 1.00 bits per heavy atom. The van der Waals surface area contributed by atoms with Gasteiger partial charge in [0, 0.05) is 15.7 Å². The molecule has 30 heavy (non-hydrogen) atoms. The highest BCUT2D eigenvalue weighted by Crippen LogP contribution is 2.45. The van der Waals surface area contributed by atoms with Crippen molar-refractivity contribution in [2.75, 3.05) is 11.5 Å². The van der Waals surface area contributed by atoms with Crippen LogP contribution in [0.5, 0.6) is 5.75 Å². The summed E-state index contributed by atoms with van der Waals surface area (Å²) in [5, 5.41) is -0.381. The van der Waals surface area contributed by atoms with E-state index in [4.69, 9.17) is 4.74 Å². The van der Waals surface area contributed by atoms with Gasteiger partial charge in [0.05, 0.1) is 12.6 Å². The lowest BCUT2D eigenvalue weighted by Crippen LogP contribution is -2.56. The van der Waals surface area contributed by atoms with Gasteiger partial charge in [0.15, 0.2) is 0 Å². The summed E-state index contributed by atoms with van der Waals surface area (Å²) >= 11 is 8.13. The zero-order valence-electron chi connectivity index (χ0n) is 16.8. The Kier molecular flexibility index (Phi) is 6.49. The topological polar surface area (TPSA) is 29.5 Å². The minimum absolute atomic E-state index is 0.0122. The van der Waals surface area contributed by atoms with E-state index in [1.54, 1.807) is 0 Å². The van der Waals surface area contributed by atoms with Crippen molar-refractivity contribution >= 4 is 40.2 Å². The SMILES string of the molecule is CCCCOc1cc(Br)ccc1[C@@H]1[C@H](S)C(=O)N1c1ccc(-c2ccccc2)cc1. The van der Waals surface area contributed by atoms with E-state index in [0.717, 1.165) is 45.4 Å². The van der Waals surface area contributed by atoms with Crippen LogP contribution in [0.15, 0.2) is 77.3 Å². The molecule has 1 saturated heterocycles. The summed E-state index contributed by atoms with van der Waals surface area (Å²) in [6.45, 7) is 2.80. The highest BCUT2D eigenvalue weighted by atomic mass is 79.9. The molecule has 0 aliphatic carbocycles. The Labute approximate surface area is 191 Å². The summed E-state index contributed by atoms with van der Waals surface area (Å²) in [6, 6.07) is 24.2. The number of rotatable bonds is 7. The zero-order chi connectivity index (χ0) is 21.1. The van der Waals surface area contributed by atoms with Gasteiger partial charge in [-0.1, -0.05) is 77.8 Å². The number of anilines is 1. The quantitative estimate of drug-likeness (QED) is 0.231. The van der Waals surface area contributed by atoms with Gasteiger partial charge in [0.25, 0.3) is 0 Å². The van der Waals surface area contributed by atoms with E-state index in [2.05, 4.69) is 59.7 Å². The van der Waals surface area contributed by atoms with Gasteiger partial charge in [0.2, 0.25) is 5.91 Å². The molecule has 3 aromatic rings. The van der Waals surface area contributed by atoms with E-state index in [1.165, 1.54) is 0 Å². The number of carbonyl (C=O) groups excluding carboxylic acids is 1. The highest BCUT2D eigenvalue weighted by molar-refractivity contribution is 9.10. The summed E-state index contributed by atoms with van der Waals surface area (Å²) < 4.78 is 7.01. The normalized spacial score (nSPS) is 18.2. The maximum Gasteiger partial charge on any atom is 0.242 e. The smallest absolute Gasteiger partial charge is 0.242 e. The molecule has 1 fully saturated rings. The van der Waals surface area contributed by atoms with E-state index < -0.39 is 0 Å². The maximum absolute atomic E-state index is 12.7. The second-order valence-electron chi connectivity index (χ2n) is 7.39. The van der Waals surface area contributed by atoms with Crippen LogP contribution in [0.3, 0.4) is 0 Å². The molecule has 1 amide bonds. The number of ether oxygens (including phenoxy) is 1. The number of halogens is 1. The Balaban J connectivity index is 1.63. The van der Waals surface area contributed by atoms with Gasteiger partial charge in [-0.05, 0) is 41.8 Å². The van der Waals surface area contributed by atoms with Crippen LogP contribution in [-0.4, -0.2) is 17.8 Å². The van der Waals surface area contributed by atoms with Crippen molar-refractivity contribution in [3.63, 3.8) is 0 Å². The number of nitrogens with zero attached hydrogens (tertiary/aromatic N) is 1. The minimum Gasteiger partial charge on any atom is -0.493 e. The second kappa shape index (κ2) is 9.27. The van der Waals surface area contributed by atoms with Crippen molar-refractivity contribution in [2.45, 2.75) is 31.1 Å². The first-order valence-corrected chi connectivity index (χ1v) is 11.5. The third-order valence-electron chi connectivity index (χ3n) is 5.37. The largest absolute Gasteiger partial charge is 0.493 e. The number of carbonyl (C=O) groups is 1. The van der Waals surface area contributed by atoms with E-state index in [1.807, 2.05) is 53.4 Å². The van der Waals surface area contributed by atoms with Crippen LogP contribution in [0.1, 0.15) is 31.4 Å². The molecular weight excluding hydrogens is 458 g/mol. The molecule has 0 aromatic heterocycles. The van der Waals surface area contributed by atoms with E-state index in [0.29, 0.717) is 6.61 Å². The Bertz CT molecular complexity index is 1020. The summed E-state index contributed by atoms with van der Waals surface area (Å²) in [4.78, 5) is 14.6. The third kappa shape index (κ3) is 4.14. The molecule has 5 heteroatoms. The number of unbranched alkanes of at least 4 members (excludes halogenated alkanes) is 1. The number of hydrogen-bond donors (Lipinski definition) is 1. The van der Waals surface area contributed by atoms with Crippen molar-refractivity contribution in [3.8, 4) is 16.9 Å². The fourth-order valence-electron chi connectivity index (χ4n) is 3.72. The second-order valence-corrected chi connectivity index (χ2v) is 8.87. The standard InChI is InChI=1S/C25H24BrNO2S/c1-2-3-15-29-22-16-19(26)11-14-21(22)23-24(30)25(28)27(23)20-12-9-18(10-13-20)17-7-5-4-6-8-17/h4-14,16,23-24,30H,2-3,15H2,1H3/t23-,24+/m1/s1. The summed E-state index contributed by atoms with van der Waals surface area (Å²) in [5.74, 6) is 0.818. The number of β-lactam (4-membered cyclic amide) rings is 1. The fraction of sp³-hybridized carbons (Fsp3) is 0.240. The molecule has 1 aliphatic heterocycles. The van der Waals surface area contributed by atoms with Crippen molar-refractivity contribution in [2.24, 2.45) is 0 Å². The van der Waals surface area contributed by atoms with Gasteiger partial charge in [-0.2, -0.15) is 12.6 Å². The Morgan fingerprint density at radius 2 is 1.70 bits per heavy atom. The van der Waals surface area contributed by atoms with Gasteiger partial charge in [-0.15, -0.1) is 0 Å². The fourth-order valence-corrected chi connectivity index (χ4v) is 4.48. The van der Waals surface area contributed by atoms with E-state index in [9.17, 15) is 4.79 Å². The van der Waals surface area contributed by atoms with Gasteiger partial charge >= 0.3 is 0 Å². The van der Waals surface area contributed by atoms with Gasteiger partial charge in [0.1, 0.15) is 11.0 Å². The first-order valence-electron chi connectivity index (χ1n) is 10.2. The lowest BCUT2D eigenvalue weighted by molar-refractivity contribution is -0.123. The van der Waals surface area contributed by atoms with Crippen LogP contribution in [-0.2, 0) is 4.79 Å². The van der Waals surface area contributed by atoms with Crippen LogP contribution in [0.2, 0.25) is 0 Å². The molecule has 1 heterocycles. The van der Waals surface area contributed by atoms with Crippen LogP contribution in [0.4, 0.5) is 5.69 Å². The molecule has 0 unspecified atom stereocenters. The average Bonchev–Trinajstić information content (AvgIpc) is 2.78. The van der Waals surface area contributed by atoms with Crippen molar-refractivity contribution in [3.05, 3.63) is 82.8 Å². The predicted molar refractivity (Wildman–Crippen MR) is 129 cm³/mol. The van der Waals surface area contributed by atoms with Crippen molar-refractivity contribution < 1.29 is 9.53 Å². The predicted octanol–water partition coefficient (Wildman–Crippen LogP) is 6.68. The van der Waals surface area contributed by atoms with Crippen LogP contribution in [0.25, 0.3) is 11.1 Å². The summed E-state index contributed by atoms with van der Waals surface area (Å²) in [7, 11) is 0. The lowest BCUT2D eigenvalue weighted by atomic mass is 9.91. The summed E-state index contributed by atoms with van der Waals surface area (Å²) in [6.07, 6.45) is 2.06. The lowest BCUT2D eigenvalue weighted by Gasteiger charge is -2.45. The highest BCUT2D eigenvalue weighted by Gasteiger charge is 2.48. The van der Waals surface area contributed by atoms with Crippen LogP contribution >= 0.6 is 28.6 Å². The van der Waals surface area contributed by atoms with Gasteiger partial charge < -0.3 is 9.64 Å². The Hall–Kier alpha value is -2.24. The number of hydrogen-bond acceptors (Lipinski definition) is 3. The number of amides is 1. The minimum atomic E-state index is -0.381. The molecule has 3 aromatic carbocycles. The van der Waals surface area contributed by atoms with Crippen LogP contribution in [0, 0.1) is 0 Å². The molecule has 0 bridgehead atoms. The molecule has 1 aliphatic rings. The molecular formula is C25H24BrNO2S. The monoisotopic (exact) mass is 481 g/mol. The molecule has 0 N–H and O–H groups in total. The van der Waals surface area contributed by atoms with E-state index in [-0.39, 0.29) is 17.2 Å². The zero-order valence-corrected chi connectivity index (χ0v) is 19.3. The maximum atomic E-state index is 12.7. The van der Waals surface area contributed by atoms with E-state index >= 15 is 0 Å². The van der Waals surface area contributed by atoms with Crippen molar-refractivity contribution in [1.82, 2.24) is 0 Å². The molecule has 154 valence electrons.